The Labute approximate surface area is 175 Å². The minimum atomic E-state index is -1.06. The van der Waals surface area contributed by atoms with Gasteiger partial charge in [-0.3, -0.25) is 4.79 Å². The maximum Gasteiger partial charge on any atom is 0.344 e. The highest BCUT2D eigenvalue weighted by Crippen LogP contribution is 2.34. The fourth-order valence-electron chi connectivity index (χ4n) is 2.25. The van der Waals surface area contributed by atoms with E-state index in [1.54, 1.807) is 48.5 Å². The van der Waals surface area contributed by atoms with Gasteiger partial charge in [-0.1, -0.05) is 41.4 Å². The number of ether oxygens (including phenoxy) is 1. The Hall–Kier alpha value is -2.48. The third-order valence-corrected chi connectivity index (χ3v) is 5.34. The van der Waals surface area contributed by atoms with Gasteiger partial charge >= 0.3 is 5.97 Å². The van der Waals surface area contributed by atoms with Gasteiger partial charge < -0.3 is 15.2 Å². The van der Waals surface area contributed by atoms with Gasteiger partial charge in [0, 0.05) is 0 Å². The number of hydrogen-bond donors (Lipinski definition) is 2. The molecule has 28 heavy (non-hydrogen) atoms. The summed E-state index contributed by atoms with van der Waals surface area (Å²) >= 11 is 13.3. The maximum atomic E-state index is 12.2. The van der Waals surface area contributed by atoms with Crippen molar-refractivity contribution in [3.8, 4) is 5.75 Å². The molecule has 0 aromatic heterocycles. The molecule has 9 heteroatoms. The van der Waals surface area contributed by atoms with Crippen molar-refractivity contribution in [2.24, 2.45) is 4.99 Å². The zero-order valence-electron chi connectivity index (χ0n) is 14.5. The Morgan fingerprint density at radius 2 is 2.04 bits per heavy atom. The van der Waals surface area contributed by atoms with Crippen LogP contribution in [0.4, 0.5) is 5.69 Å². The second-order valence-corrected chi connectivity index (χ2v) is 7.54. The van der Waals surface area contributed by atoms with E-state index in [0.717, 1.165) is 11.8 Å². The topological polar surface area (TPSA) is 88.0 Å². The quantitative estimate of drug-likeness (QED) is 0.660. The minimum Gasteiger partial charge on any atom is -0.479 e. The van der Waals surface area contributed by atoms with Crippen molar-refractivity contribution in [3.05, 3.63) is 63.0 Å². The number of benzene rings is 2. The number of carboxylic acids is 1. The van der Waals surface area contributed by atoms with Gasteiger partial charge in [-0.25, -0.2) is 9.79 Å². The number of carboxylic acid groups (broad SMARTS) is 1. The number of nitrogens with zero attached hydrogens (tertiary/aromatic N) is 1. The van der Waals surface area contributed by atoms with Gasteiger partial charge in [-0.05, 0) is 54.6 Å². The monoisotopic (exact) mass is 436 g/mol. The van der Waals surface area contributed by atoms with Crippen LogP contribution in [0.5, 0.6) is 5.75 Å². The van der Waals surface area contributed by atoms with E-state index in [9.17, 15) is 9.59 Å². The molecular weight excluding hydrogens is 423 g/mol. The first-order valence-electron chi connectivity index (χ1n) is 8.06. The Balaban J connectivity index is 1.80. The smallest absolute Gasteiger partial charge is 0.344 e. The molecule has 1 unspecified atom stereocenters. The Morgan fingerprint density at radius 3 is 2.79 bits per heavy atom. The number of rotatable bonds is 5. The molecule has 1 fully saturated rings. The van der Waals surface area contributed by atoms with Gasteiger partial charge in [0.2, 0.25) is 0 Å². The van der Waals surface area contributed by atoms with E-state index >= 15 is 0 Å². The number of hydrogen-bond acceptors (Lipinski definition) is 5. The lowest BCUT2D eigenvalue weighted by atomic mass is 10.2. The number of aliphatic imine (C=N–C) groups is 1. The fraction of sp³-hybridized carbons (Fsp3) is 0.105. The molecule has 1 aliphatic heterocycles. The normalized spacial score (nSPS) is 17.6. The van der Waals surface area contributed by atoms with Crippen LogP contribution in [-0.2, 0) is 9.59 Å². The van der Waals surface area contributed by atoms with E-state index in [2.05, 4.69) is 10.3 Å². The van der Waals surface area contributed by atoms with Crippen LogP contribution in [0.25, 0.3) is 6.08 Å². The first-order valence-corrected chi connectivity index (χ1v) is 9.64. The second kappa shape index (κ2) is 8.68. The van der Waals surface area contributed by atoms with Crippen LogP contribution in [0.15, 0.2) is 52.4 Å². The first kappa shape index (κ1) is 20.3. The highest BCUT2D eigenvalue weighted by molar-refractivity contribution is 8.18. The van der Waals surface area contributed by atoms with Crippen LogP contribution < -0.4 is 10.1 Å². The van der Waals surface area contributed by atoms with Gasteiger partial charge in [-0.2, -0.15) is 0 Å². The summed E-state index contributed by atoms with van der Waals surface area (Å²) in [6.07, 6.45) is 0.689. The summed E-state index contributed by atoms with van der Waals surface area (Å²) in [5, 5.41) is 12.7. The number of carbonyl (C=O) groups excluding carboxylic acids is 1. The summed E-state index contributed by atoms with van der Waals surface area (Å²) in [5.74, 6) is -0.964. The van der Waals surface area contributed by atoms with Crippen molar-refractivity contribution in [1.82, 2.24) is 5.32 Å². The van der Waals surface area contributed by atoms with Gasteiger partial charge in [-0.15, -0.1) is 0 Å². The molecular formula is C19H14Cl2N2O4S. The van der Waals surface area contributed by atoms with Crippen LogP contribution in [0.2, 0.25) is 10.0 Å². The van der Waals surface area contributed by atoms with Crippen molar-refractivity contribution in [1.29, 1.82) is 0 Å². The number of amidine groups is 1. The summed E-state index contributed by atoms with van der Waals surface area (Å²) < 4.78 is 5.35. The maximum absolute atomic E-state index is 12.2. The summed E-state index contributed by atoms with van der Waals surface area (Å²) in [5.41, 5.74) is 1.14. The summed E-state index contributed by atoms with van der Waals surface area (Å²) in [4.78, 5) is 27.9. The minimum absolute atomic E-state index is 0.299. The summed E-state index contributed by atoms with van der Waals surface area (Å²) in [6.45, 7) is 1.44. The van der Waals surface area contributed by atoms with E-state index in [4.69, 9.17) is 33.0 Å². The Bertz CT molecular complexity index is 1010. The molecule has 1 amide bonds. The third-order valence-electron chi connectivity index (χ3n) is 3.62. The van der Waals surface area contributed by atoms with Crippen molar-refractivity contribution in [3.63, 3.8) is 0 Å². The lowest BCUT2D eigenvalue weighted by Crippen LogP contribution is -2.22. The molecule has 0 bridgehead atoms. The Kier molecular flexibility index (Phi) is 6.28. The van der Waals surface area contributed by atoms with Crippen molar-refractivity contribution < 1.29 is 19.4 Å². The highest BCUT2D eigenvalue weighted by atomic mass is 35.5. The summed E-state index contributed by atoms with van der Waals surface area (Å²) in [6, 6.07) is 11.9. The molecule has 0 spiro atoms. The molecule has 1 aliphatic rings. The lowest BCUT2D eigenvalue weighted by molar-refractivity contribution is -0.144. The average molecular weight is 437 g/mol. The van der Waals surface area contributed by atoms with Gasteiger partial charge in [0.05, 0.1) is 20.6 Å². The Morgan fingerprint density at radius 1 is 1.29 bits per heavy atom. The zero-order chi connectivity index (χ0) is 20.3. The van der Waals surface area contributed by atoms with E-state index in [1.165, 1.54) is 6.92 Å². The molecule has 2 aromatic rings. The first-order chi connectivity index (χ1) is 13.3. The third kappa shape index (κ3) is 4.86. The largest absolute Gasteiger partial charge is 0.479 e. The van der Waals surface area contributed by atoms with Gasteiger partial charge in [0.1, 0.15) is 5.75 Å². The van der Waals surface area contributed by atoms with Gasteiger partial charge in [0.25, 0.3) is 5.91 Å². The van der Waals surface area contributed by atoms with Crippen LogP contribution >= 0.6 is 35.0 Å². The van der Waals surface area contributed by atoms with E-state index < -0.39 is 12.1 Å². The number of thioether (sulfide) groups is 1. The van der Waals surface area contributed by atoms with Crippen LogP contribution in [0.3, 0.4) is 0 Å². The number of carbonyl (C=O) groups is 2. The fourth-order valence-corrected chi connectivity index (χ4v) is 3.42. The average Bonchev–Trinajstić information content (AvgIpc) is 2.98. The summed E-state index contributed by atoms with van der Waals surface area (Å²) in [7, 11) is 0. The van der Waals surface area contributed by atoms with E-state index in [1.807, 2.05) is 0 Å². The number of aliphatic carboxylic acids is 1. The molecule has 1 heterocycles. The molecule has 2 N–H and O–H groups in total. The standard InChI is InChI=1S/C19H14Cl2N2O4S/c1-10(18(25)26)27-12-5-2-4-11(8-12)9-15-17(24)23-19(28-15)22-14-7-3-6-13(20)16(14)21/h2-10H,1H3,(H,25,26)(H,22,23,24)/b15-9+. The second-order valence-electron chi connectivity index (χ2n) is 5.73. The van der Waals surface area contributed by atoms with E-state index in [-0.39, 0.29) is 5.91 Å². The van der Waals surface area contributed by atoms with Crippen LogP contribution in [-0.4, -0.2) is 28.3 Å². The molecule has 1 saturated heterocycles. The highest BCUT2D eigenvalue weighted by Gasteiger charge is 2.24. The van der Waals surface area contributed by atoms with E-state index in [0.29, 0.717) is 37.1 Å². The predicted molar refractivity (Wildman–Crippen MR) is 111 cm³/mol. The number of nitrogens with one attached hydrogen (secondary N) is 1. The molecule has 144 valence electrons. The molecule has 1 atom stereocenters. The van der Waals surface area contributed by atoms with Crippen molar-refractivity contribution in [2.75, 3.05) is 0 Å². The molecule has 6 nitrogen and oxygen atoms in total. The molecule has 3 rings (SSSR count). The number of halogens is 2. The molecule has 0 saturated carbocycles. The zero-order valence-corrected chi connectivity index (χ0v) is 16.8. The van der Waals surface area contributed by atoms with Crippen LogP contribution in [0, 0.1) is 0 Å². The van der Waals surface area contributed by atoms with Crippen molar-refractivity contribution >= 4 is 63.8 Å². The van der Waals surface area contributed by atoms with Crippen LogP contribution in [0.1, 0.15) is 12.5 Å². The number of amides is 1. The predicted octanol–water partition coefficient (Wildman–Crippen LogP) is 4.74. The molecule has 2 aromatic carbocycles. The lowest BCUT2D eigenvalue weighted by Gasteiger charge is -2.10. The van der Waals surface area contributed by atoms with Gasteiger partial charge in [0.15, 0.2) is 11.3 Å². The molecule has 0 aliphatic carbocycles. The molecule has 0 radical (unpaired) electrons. The SMILES string of the molecule is CC(Oc1cccc(/C=C2/SC(=Nc3cccc(Cl)c3Cl)NC2=O)c1)C(=O)O. The van der Waals surface area contributed by atoms with Crippen molar-refractivity contribution in [2.45, 2.75) is 13.0 Å².